The summed E-state index contributed by atoms with van der Waals surface area (Å²) < 4.78 is 0. The van der Waals surface area contributed by atoms with Crippen molar-refractivity contribution in [3.8, 4) is 0 Å². The van der Waals surface area contributed by atoms with Crippen molar-refractivity contribution in [3.63, 3.8) is 0 Å². The highest BCUT2D eigenvalue weighted by molar-refractivity contribution is 5.80. The molecule has 6 nitrogen and oxygen atoms in total. The fourth-order valence-corrected chi connectivity index (χ4v) is 2.05. The molecule has 14 heavy (non-hydrogen) atoms. The number of rotatable bonds is 2. The number of aromatic amines is 1. The van der Waals surface area contributed by atoms with Crippen LogP contribution in [0.2, 0.25) is 0 Å². The molecule has 0 spiro atoms. The van der Waals surface area contributed by atoms with E-state index in [1.807, 2.05) is 0 Å². The fraction of sp³-hybridized carbons (Fsp3) is 0.750. The van der Waals surface area contributed by atoms with Gasteiger partial charge in [-0.25, -0.2) is 0 Å². The van der Waals surface area contributed by atoms with E-state index >= 15 is 0 Å². The molecule has 0 amide bonds. The maximum absolute atomic E-state index is 11.3. The monoisotopic (exact) mass is 196 g/mol. The molecule has 0 bridgehead atoms. The van der Waals surface area contributed by atoms with Crippen molar-refractivity contribution in [1.82, 2.24) is 20.6 Å². The minimum atomic E-state index is -0.898. The summed E-state index contributed by atoms with van der Waals surface area (Å²) in [6.07, 6.45) is 4.15. The first-order valence-electron chi connectivity index (χ1n) is 4.73. The van der Waals surface area contributed by atoms with Crippen molar-refractivity contribution >= 4 is 5.97 Å². The lowest BCUT2D eigenvalue weighted by atomic mass is 9.73. The van der Waals surface area contributed by atoms with Gasteiger partial charge < -0.3 is 5.11 Å². The predicted molar refractivity (Wildman–Crippen MR) is 46.6 cm³/mol. The summed E-state index contributed by atoms with van der Waals surface area (Å²) >= 11 is 0. The first kappa shape index (κ1) is 9.11. The summed E-state index contributed by atoms with van der Waals surface area (Å²) in [7, 11) is 0. The van der Waals surface area contributed by atoms with E-state index in [2.05, 4.69) is 20.6 Å². The van der Waals surface area contributed by atoms with Crippen molar-refractivity contribution in [1.29, 1.82) is 0 Å². The van der Waals surface area contributed by atoms with Crippen LogP contribution in [0.15, 0.2) is 0 Å². The molecule has 1 aliphatic carbocycles. The van der Waals surface area contributed by atoms with Gasteiger partial charge in [0.25, 0.3) is 0 Å². The van der Waals surface area contributed by atoms with Crippen LogP contribution in [-0.2, 0) is 10.2 Å². The van der Waals surface area contributed by atoms with E-state index in [4.69, 9.17) is 0 Å². The van der Waals surface area contributed by atoms with Crippen molar-refractivity contribution in [2.75, 3.05) is 0 Å². The average Bonchev–Trinajstić information content (AvgIpc) is 2.72. The number of nitrogens with zero attached hydrogens (tertiary/aromatic N) is 3. The Morgan fingerprint density at radius 3 is 2.57 bits per heavy atom. The Kier molecular flexibility index (Phi) is 2.18. The molecule has 0 aromatic carbocycles. The largest absolute Gasteiger partial charge is 0.480 e. The van der Waals surface area contributed by atoms with Crippen LogP contribution in [0.25, 0.3) is 0 Å². The van der Waals surface area contributed by atoms with Crippen molar-refractivity contribution in [3.05, 3.63) is 5.82 Å². The maximum atomic E-state index is 11.3. The van der Waals surface area contributed by atoms with Gasteiger partial charge in [0.2, 0.25) is 0 Å². The number of H-pyrrole nitrogens is 1. The quantitative estimate of drug-likeness (QED) is 0.718. The molecule has 1 aliphatic rings. The number of nitrogens with one attached hydrogen (secondary N) is 1. The zero-order valence-corrected chi connectivity index (χ0v) is 7.73. The van der Waals surface area contributed by atoms with Gasteiger partial charge in [-0.2, -0.15) is 5.21 Å². The number of carboxylic acid groups (broad SMARTS) is 1. The summed E-state index contributed by atoms with van der Waals surface area (Å²) in [5, 5.41) is 22.6. The molecule has 2 rings (SSSR count). The van der Waals surface area contributed by atoms with Crippen molar-refractivity contribution < 1.29 is 9.90 Å². The standard InChI is InChI=1S/C8H12N4O2/c13-7(14)8(4-2-1-3-5-8)6-9-11-12-10-6/h1-5H2,(H,13,14)(H,9,10,11,12). The molecule has 76 valence electrons. The van der Waals surface area contributed by atoms with Crippen LogP contribution in [0.3, 0.4) is 0 Å². The normalized spacial score (nSPS) is 20.6. The number of carboxylic acids is 1. The SMILES string of the molecule is O=C(O)C1(c2nn[nH]n2)CCCCC1. The summed E-state index contributed by atoms with van der Waals surface area (Å²) in [5.41, 5.74) is -0.898. The Hall–Kier alpha value is -1.46. The van der Waals surface area contributed by atoms with Crippen molar-refractivity contribution in [2.24, 2.45) is 0 Å². The second kappa shape index (κ2) is 3.36. The Morgan fingerprint density at radius 1 is 1.36 bits per heavy atom. The van der Waals surface area contributed by atoms with Crippen LogP contribution < -0.4 is 0 Å². The molecule has 0 atom stereocenters. The van der Waals surface area contributed by atoms with Gasteiger partial charge in [-0.1, -0.05) is 24.5 Å². The molecule has 0 unspecified atom stereocenters. The third kappa shape index (κ3) is 1.26. The Bertz CT molecular complexity index is 316. The molecular weight excluding hydrogens is 184 g/mol. The summed E-state index contributed by atoms with van der Waals surface area (Å²) in [4.78, 5) is 11.3. The number of tetrazole rings is 1. The summed E-state index contributed by atoms with van der Waals surface area (Å²) in [6.45, 7) is 0. The van der Waals surface area contributed by atoms with Gasteiger partial charge >= 0.3 is 5.97 Å². The second-order valence-corrected chi connectivity index (χ2v) is 3.68. The molecule has 0 radical (unpaired) electrons. The molecule has 1 saturated carbocycles. The number of hydrogen-bond acceptors (Lipinski definition) is 4. The second-order valence-electron chi connectivity index (χ2n) is 3.68. The van der Waals surface area contributed by atoms with Gasteiger partial charge in [-0.05, 0) is 12.8 Å². The zero-order valence-electron chi connectivity index (χ0n) is 7.73. The summed E-state index contributed by atoms with van der Waals surface area (Å²) in [5.74, 6) is -0.511. The van der Waals surface area contributed by atoms with E-state index in [0.717, 1.165) is 19.3 Å². The first-order chi connectivity index (χ1) is 6.76. The maximum Gasteiger partial charge on any atom is 0.317 e. The molecule has 0 saturated heterocycles. The average molecular weight is 196 g/mol. The molecule has 1 heterocycles. The highest BCUT2D eigenvalue weighted by Gasteiger charge is 2.44. The van der Waals surface area contributed by atoms with E-state index < -0.39 is 11.4 Å². The van der Waals surface area contributed by atoms with Gasteiger partial charge in [0.1, 0.15) is 5.41 Å². The first-order valence-corrected chi connectivity index (χ1v) is 4.73. The third-order valence-corrected chi connectivity index (χ3v) is 2.89. The lowest BCUT2D eigenvalue weighted by Crippen LogP contribution is -2.39. The fourth-order valence-electron chi connectivity index (χ4n) is 2.05. The van der Waals surface area contributed by atoms with E-state index in [9.17, 15) is 9.90 Å². The minimum absolute atomic E-state index is 0.324. The van der Waals surface area contributed by atoms with E-state index in [0.29, 0.717) is 18.7 Å². The van der Waals surface area contributed by atoms with Crippen LogP contribution in [0.1, 0.15) is 37.9 Å². The Balaban J connectivity index is 2.35. The topological polar surface area (TPSA) is 91.8 Å². The van der Waals surface area contributed by atoms with E-state index in [-0.39, 0.29) is 0 Å². The lowest BCUT2D eigenvalue weighted by Gasteiger charge is -2.29. The molecule has 1 fully saturated rings. The Labute approximate surface area is 80.7 Å². The van der Waals surface area contributed by atoms with Crippen LogP contribution in [0.5, 0.6) is 0 Å². The highest BCUT2D eigenvalue weighted by atomic mass is 16.4. The van der Waals surface area contributed by atoms with E-state index in [1.165, 1.54) is 0 Å². The van der Waals surface area contributed by atoms with Crippen LogP contribution in [0, 0.1) is 0 Å². The zero-order chi connectivity index (χ0) is 10.0. The molecule has 2 N–H and O–H groups in total. The van der Waals surface area contributed by atoms with Crippen LogP contribution in [0.4, 0.5) is 0 Å². The number of carbonyl (C=O) groups is 1. The number of aromatic nitrogens is 4. The summed E-state index contributed by atoms with van der Waals surface area (Å²) in [6, 6.07) is 0. The predicted octanol–water partition coefficient (Wildman–Crippen LogP) is 0.486. The molecular formula is C8H12N4O2. The molecule has 0 aliphatic heterocycles. The van der Waals surface area contributed by atoms with Gasteiger partial charge in [0.05, 0.1) is 0 Å². The molecule has 1 aromatic heterocycles. The molecule has 6 heteroatoms. The van der Waals surface area contributed by atoms with Gasteiger partial charge in [-0.15, -0.1) is 10.2 Å². The highest BCUT2D eigenvalue weighted by Crippen LogP contribution is 2.37. The number of aliphatic carboxylic acids is 1. The van der Waals surface area contributed by atoms with Gasteiger partial charge in [0.15, 0.2) is 5.82 Å². The Morgan fingerprint density at radius 2 is 2.07 bits per heavy atom. The van der Waals surface area contributed by atoms with E-state index in [1.54, 1.807) is 0 Å². The molecule has 1 aromatic rings. The number of hydrogen-bond donors (Lipinski definition) is 2. The van der Waals surface area contributed by atoms with Gasteiger partial charge in [-0.3, -0.25) is 4.79 Å². The smallest absolute Gasteiger partial charge is 0.317 e. The van der Waals surface area contributed by atoms with Crippen molar-refractivity contribution in [2.45, 2.75) is 37.5 Å². The van der Waals surface area contributed by atoms with Gasteiger partial charge in [0, 0.05) is 0 Å². The third-order valence-electron chi connectivity index (χ3n) is 2.89. The van der Waals surface area contributed by atoms with Crippen LogP contribution in [-0.4, -0.2) is 31.7 Å². The lowest BCUT2D eigenvalue weighted by molar-refractivity contribution is -0.145. The minimum Gasteiger partial charge on any atom is -0.480 e. The van der Waals surface area contributed by atoms with Crippen LogP contribution >= 0.6 is 0 Å².